The highest BCUT2D eigenvalue weighted by Gasteiger charge is 2.13. The summed E-state index contributed by atoms with van der Waals surface area (Å²) in [5, 5.41) is 13.7. The molecule has 0 unspecified atom stereocenters. The average Bonchev–Trinajstić information content (AvgIpc) is 3.20. The molecule has 0 fully saturated rings. The van der Waals surface area contributed by atoms with Crippen LogP contribution in [0.15, 0.2) is 34.9 Å². The molecule has 2 N–H and O–H groups in total. The third-order valence-corrected chi connectivity index (χ3v) is 3.71. The van der Waals surface area contributed by atoms with Crippen molar-refractivity contribution in [1.29, 1.82) is 0 Å². The van der Waals surface area contributed by atoms with Crippen LogP contribution in [-0.2, 0) is 0 Å². The molecule has 3 rings (SSSR count). The molecule has 0 bridgehead atoms. The molecule has 0 saturated heterocycles. The number of rotatable bonds is 5. The van der Waals surface area contributed by atoms with Crippen LogP contribution in [0.4, 0.5) is 4.39 Å². The molecule has 3 aromatic rings. The van der Waals surface area contributed by atoms with Gasteiger partial charge in [-0.1, -0.05) is 5.16 Å². The minimum Gasteiger partial charge on any atom is -0.360 e. The van der Waals surface area contributed by atoms with Crippen LogP contribution in [0, 0.1) is 12.7 Å². The number of benzene rings is 1. The highest BCUT2D eigenvalue weighted by Crippen LogP contribution is 2.27. The van der Waals surface area contributed by atoms with E-state index in [0.29, 0.717) is 22.8 Å². The lowest BCUT2D eigenvalue weighted by atomic mass is 10.1. The SMILES string of the molecule is Cc1onc(-c2ccc(F)cc2)c1C=Cc1cc(C(=O)NC(C)C)[nH]n1. The second-order valence-corrected chi connectivity index (χ2v) is 6.18. The monoisotopic (exact) mass is 354 g/mol. The van der Waals surface area contributed by atoms with E-state index < -0.39 is 0 Å². The van der Waals surface area contributed by atoms with Crippen LogP contribution in [0.1, 0.15) is 41.4 Å². The number of aromatic amines is 1. The van der Waals surface area contributed by atoms with E-state index in [-0.39, 0.29) is 17.8 Å². The van der Waals surface area contributed by atoms with Crippen LogP contribution in [0.5, 0.6) is 0 Å². The van der Waals surface area contributed by atoms with Crippen LogP contribution >= 0.6 is 0 Å². The standard InChI is InChI=1S/C19H19FN4O2/c1-11(2)21-19(25)17-10-15(22-23-17)8-9-16-12(3)26-24-18(16)13-4-6-14(20)7-5-13/h4-11H,1-3H3,(H,21,25)(H,22,23). The number of aryl methyl sites for hydroxylation is 1. The molecule has 134 valence electrons. The lowest BCUT2D eigenvalue weighted by molar-refractivity contribution is 0.0938. The third kappa shape index (κ3) is 3.88. The molecule has 0 spiro atoms. The van der Waals surface area contributed by atoms with Gasteiger partial charge in [0.1, 0.15) is 23.0 Å². The predicted molar refractivity (Wildman–Crippen MR) is 96.8 cm³/mol. The molecule has 2 aromatic heterocycles. The van der Waals surface area contributed by atoms with E-state index >= 15 is 0 Å². The minimum atomic E-state index is -0.310. The van der Waals surface area contributed by atoms with Crippen LogP contribution < -0.4 is 5.32 Å². The van der Waals surface area contributed by atoms with E-state index in [4.69, 9.17) is 4.52 Å². The Labute approximate surface area is 150 Å². The zero-order valence-electron chi connectivity index (χ0n) is 14.7. The van der Waals surface area contributed by atoms with Gasteiger partial charge in [0.2, 0.25) is 0 Å². The van der Waals surface area contributed by atoms with E-state index in [9.17, 15) is 9.18 Å². The number of hydrogen-bond donors (Lipinski definition) is 2. The average molecular weight is 354 g/mol. The van der Waals surface area contributed by atoms with Crippen molar-refractivity contribution in [3.05, 3.63) is 58.9 Å². The summed E-state index contributed by atoms with van der Waals surface area (Å²) in [6.07, 6.45) is 3.57. The Morgan fingerprint density at radius 1 is 1.27 bits per heavy atom. The zero-order valence-corrected chi connectivity index (χ0v) is 14.7. The Morgan fingerprint density at radius 3 is 2.69 bits per heavy atom. The van der Waals surface area contributed by atoms with Crippen molar-refractivity contribution in [2.45, 2.75) is 26.8 Å². The van der Waals surface area contributed by atoms with Crippen molar-refractivity contribution >= 4 is 18.1 Å². The van der Waals surface area contributed by atoms with Gasteiger partial charge in [-0.3, -0.25) is 9.89 Å². The second-order valence-electron chi connectivity index (χ2n) is 6.18. The molecular formula is C19H19FN4O2. The number of carbonyl (C=O) groups excluding carboxylic acids is 1. The fourth-order valence-electron chi connectivity index (χ4n) is 2.44. The number of halogens is 1. The molecule has 0 aliphatic rings. The number of aromatic nitrogens is 3. The summed E-state index contributed by atoms with van der Waals surface area (Å²) < 4.78 is 18.4. The maximum atomic E-state index is 13.1. The molecule has 2 heterocycles. The van der Waals surface area contributed by atoms with Gasteiger partial charge in [0.15, 0.2) is 0 Å². The van der Waals surface area contributed by atoms with E-state index in [1.807, 2.05) is 19.9 Å². The fraction of sp³-hybridized carbons (Fsp3) is 0.211. The van der Waals surface area contributed by atoms with Crippen molar-refractivity contribution in [3.63, 3.8) is 0 Å². The Morgan fingerprint density at radius 2 is 2.00 bits per heavy atom. The van der Waals surface area contributed by atoms with E-state index in [2.05, 4.69) is 20.7 Å². The van der Waals surface area contributed by atoms with Crippen LogP contribution in [0.2, 0.25) is 0 Å². The fourth-order valence-corrected chi connectivity index (χ4v) is 2.44. The number of carbonyl (C=O) groups is 1. The van der Waals surface area contributed by atoms with Crippen molar-refractivity contribution in [2.24, 2.45) is 0 Å². The van der Waals surface area contributed by atoms with Crippen molar-refractivity contribution < 1.29 is 13.7 Å². The van der Waals surface area contributed by atoms with Gasteiger partial charge in [-0.2, -0.15) is 5.10 Å². The summed E-state index contributed by atoms with van der Waals surface area (Å²) in [7, 11) is 0. The van der Waals surface area contributed by atoms with E-state index in [0.717, 1.165) is 11.1 Å². The lowest BCUT2D eigenvalue weighted by Crippen LogP contribution is -2.30. The van der Waals surface area contributed by atoms with Crippen molar-refractivity contribution in [3.8, 4) is 11.3 Å². The molecule has 0 saturated carbocycles. The molecule has 0 aliphatic carbocycles. The van der Waals surface area contributed by atoms with Gasteiger partial charge < -0.3 is 9.84 Å². The van der Waals surface area contributed by atoms with Gasteiger partial charge in [0.25, 0.3) is 5.91 Å². The van der Waals surface area contributed by atoms with Crippen LogP contribution in [-0.4, -0.2) is 27.3 Å². The molecule has 7 heteroatoms. The van der Waals surface area contributed by atoms with Gasteiger partial charge >= 0.3 is 0 Å². The van der Waals surface area contributed by atoms with Crippen LogP contribution in [0.3, 0.4) is 0 Å². The smallest absolute Gasteiger partial charge is 0.269 e. The van der Waals surface area contributed by atoms with Gasteiger partial charge in [0, 0.05) is 17.2 Å². The number of nitrogens with zero attached hydrogens (tertiary/aromatic N) is 2. The first-order chi connectivity index (χ1) is 12.4. The number of H-pyrrole nitrogens is 1. The van der Waals surface area contributed by atoms with Gasteiger partial charge in [0.05, 0.1) is 5.69 Å². The summed E-state index contributed by atoms with van der Waals surface area (Å²) in [6.45, 7) is 5.58. The third-order valence-electron chi connectivity index (χ3n) is 3.71. The number of nitrogens with one attached hydrogen (secondary N) is 2. The topological polar surface area (TPSA) is 83.8 Å². The first-order valence-electron chi connectivity index (χ1n) is 8.20. The van der Waals surface area contributed by atoms with E-state index in [1.54, 1.807) is 31.2 Å². The predicted octanol–water partition coefficient (Wildman–Crippen LogP) is 3.82. The summed E-state index contributed by atoms with van der Waals surface area (Å²) in [5.41, 5.74) is 3.13. The van der Waals surface area contributed by atoms with Gasteiger partial charge in [-0.05, 0) is 63.3 Å². The second kappa shape index (κ2) is 7.35. The normalized spacial score (nSPS) is 11.4. The maximum absolute atomic E-state index is 13.1. The summed E-state index contributed by atoms with van der Waals surface area (Å²) >= 11 is 0. The Hall–Kier alpha value is -3.22. The highest BCUT2D eigenvalue weighted by atomic mass is 19.1. The highest BCUT2D eigenvalue weighted by molar-refractivity contribution is 5.93. The summed E-state index contributed by atoms with van der Waals surface area (Å²) in [4.78, 5) is 12.0. The largest absolute Gasteiger partial charge is 0.360 e. The van der Waals surface area contributed by atoms with Crippen molar-refractivity contribution in [1.82, 2.24) is 20.7 Å². The molecule has 0 atom stereocenters. The quantitative estimate of drug-likeness (QED) is 0.729. The summed E-state index contributed by atoms with van der Waals surface area (Å²) in [5.74, 6) is 0.115. The Bertz CT molecular complexity index is 939. The molecule has 1 aromatic carbocycles. The number of amides is 1. The molecular weight excluding hydrogens is 335 g/mol. The van der Waals surface area contributed by atoms with E-state index in [1.165, 1.54) is 12.1 Å². The first-order valence-corrected chi connectivity index (χ1v) is 8.20. The first kappa shape index (κ1) is 17.6. The van der Waals surface area contributed by atoms with Crippen molar-refractivity contribution in [2.75, 3.05) is 0 Å². The van der Waals surface area contributed by atoms with Crippen LogP contribution in [0.25, 0.3) is 23.4 Å². The molecule has 0 radical (unpaired) electrons. The summed E-state index contributed by atoms with van der Waals surface area (Å²) in [6, 6.07) is 7.75. The molecule has 26 heavy (non-hydrogen) atoms. The minimum absolute atomic E-state index is 0.0442. The number of hydrogen-bond acceptors (Lipinski definition) is 4. The van der Waals surface area contributed by atoms with Gasteiger partial charge in [-0.15, -0.1) is 0 Å². The van der Waals surface area contributed by atoms with Gasteiger partial charge in [-0.25, -0.2) is 4.39 Å². The lowest BCUT2D eigenvalue weighted by Gasteiger charge is -2.05. The Balaban J connectivity index is 1.83. The molecule has 6 nitrogen and oxygen atoms in total. The maximum Gasteiger partial charge on any atom is 0.269 e. The molecule has 1 amide bonds. The Kier molecular flexibility index (Phi) is 4.97. The zero-order chi connectivity index (χ0) is 18.7. The molecule has 0 aliphatic heterocycles.